The van der Waals surface area contributed by atoms with Crippen molar-refractivity contribution in [2.45, 2.75) is 43.5 Å². The topological polar surface area (TPSA) is 79.0 Å². The molecule has 1 aromatic heterocycles. The summed E-state index contributed by atoms with van der Waals surface area (Å²) in [7, 11) is -3.54. The van der Waals surface area contributed by atoms with Crippen molar-refractivity contribution in [2.75, 3.05) is 45.9 Å². The molecule has 0 bridgehead atoms. The number of sulfonamides is 1. The van der Waals surface area contributed by atoms with Gasteiger partial charge in [0.1, 0.15) is 0 Å². The molecule has 2 aliphatic rings. The first-order valence-corrected chi connectivity index (χ1v) is 14.4. The predicted octanol–water partition coefficient (Wildman–Crippen LogP) is 3.46. The first-order chi connectivity index (χ1) is 16.4. The number of thiophene rings is 1. The molecular formula is C25H35N3O4S2. The van der Waals surface area contributed by atoms with Gasteiger partial charge in [-0.2, -0.15) is 4.31 Å². The number of carbonyl (C=O) groups excluding carboxylic acids is 1. The van der Waals surface area contributed by atoms with Crippen molar-refractivity contribution in [3.8, 4) is 0 Å². The molecule has 2 fully saturated rings. The average molecular weight is 506 g/mol. The van der Waals surface area contributed by atoms with E-state index in [1.54, 1.807) is 23.5 Å². The fourth-order valence-corrected chi connectivity index (χ4v) is 6.98. The minimum absolute atomic E-state index is 0.0214. The zero-order chi connectivity index (χ0) is 24.1. The van der Waals surface area contributed by atoms with Crippen molar-refractivity contribution < 1.29 is 17.9 Å². The van der Waals surface area contributed by atoms with E-state index in [4.69, 9.17) is 4.74 Å². The van der Waals surface area contributed by atoms with E-state index in [0.29, 0.717) is 56.5 Å². The Labute approximate surface area is 207 Å². The number of hydrogen-bond donors (Lipinski definition) is 1. The lowest BCUT2D eigenvalue weighted by Gasteiger charge is -2.35. The first kappa shape index (κ1) is 25.3. The molecule has 4 rings (SSSR count). The molecule has 0 aliphatic carbocycles. The van der Waals surface area contributed by atoms with Gasteiger partial charge >= 0.3 is 0 Å². The van der Waals surface area contributed by atoms with E-state index >= 15 is 0 Å². The quantitative estimate of drug-likeness (QED) is 0.595. The highest BCUT2D eigenvalue weighted by atomic mass is 32.2. The number of nitrogens with zero attached hydrogens (tertiary/aromatic N) is 2. The van der Waals surface area contributed by atoms with Gasteiger partial charge in [-0.15, -0.1) is 11.3 Å². The van der Waals surface area contributed by atoms with Crippen molar-refractivity contribution in [2.24, 2.45) is 5.92 Å². The Morgan fingerprint density at radius 3 is 2.35 bits per heavy atom. The lowest BCUT2D eigenvalue weighted by Crippen LogP contribution is -2.46. The molecule has 1 amide bonds. The van der Waals surface area contributed by atoms with Crippen molar-refractivity contribution >= 4 is 27.3 Å². The van der Waals surface area contributed by atoms with E-state index < -0.39 is 10.0 Å². The van der Waals surface area contributed by atoms with Gasteiger partial charge in [-0.3, -0.25) is 9.69 Å². The molecule has 9 heteroatoms. The summed E-state index contributed by atoms with van der Waals surface area (Å²) < 4.78 is 33.2. The maximum absolute atomic E-state index is 13.1. The van der Waals surface area contributed by atoms with Gasteiger partial charge in [0.15, 0.2) is 0 Å². The van der Waals surface area contributed by atoms with Crippen LogP contribution in [0.4, 0.5) is 0 Å². The highest BCUT2D eigenvalue weighted by Crippen LogP contribution is 2.27. The number of amides is 1. The summed E-state index contributed by atoms with van der Waals surface area (Å²) in [6, 6.07) is 11.5. The molecule has 1 atom stereocenters. The Balaban J connectivity index is 1.32. The van der Waals surface area contributed by atoms with Gasteiger partial charge in [-0.1, -0.05) is 32.0 Å². The van der Waals surface area contributed by atoms with E-state index in [0.717, 1.165) is 18.7 Å². The second kappa shape index (κ2) is 11.3. The number of morpholine rings is 1. The molecule has 3 heterocycles. The zero-order valence-electron chi connectivity index (χ0n) is 20.0. The lowest BCUT2D eigenvalue weighted by molar-refractivity contribution is -0.126. The molecule has 2 aliphatic heterocycles. The second-order valence-corrected chi connectivity index (χ2v) is 12.2. The molecule has 0 spiro atoms. The van der Waals surface area contributed by atoms with Crippen LogP contribution < -0.4 is 5.32 Å². The van der Waals surface area contributed by atoms with E-state index in [1.165, 1.54) is 9.18 Å². The summed E-state index contributed by atoms with van der Waals surface area (Å²) in [5.41, 5.74) is 1.12. The molecule has 0 unspecified atom stereocenters. The minimum Gasteiger partial charge on any atom is -0.379 e. The maximum Gasteiger partial charge on any atom is 0.243 e. The van der Waals surface area contributed by atoms with Gasteiger partial charge in [0.25, 0.3) is 0 Å². The average Bonchev–Trinajstić information content (AvgIpc) is 3.39. The molecule has 34 heavy (non-hydrogen) atoms. The number of rotatable bonds is 8. The van der Waals surface area contributed by atoms with E-state index in [-0.39, 0.29) is 17.9 Å². The van der Waals surface area contributed by atoms with Gasteiger partial charge in [0.05, 0.1) is 24.2 Å². The highest BCUT2D eigenvalue weighted by Gasteiger charge is 2.33. The SMILES string of the molecule is CC(C)c1ccc(S(=O)(=O)N2CCC(C(=O)NC[C@H](c3cccs3)N3CCOCC3)CC2)cc1. The van der Waals surface area contributed by atoms with Crippen molar-refractivity contribution in [1.29, 1.82) is 0 Å². The number of carbonyl (C=O) groups is 1. The van der Waals surface area contributed by atoms with Crippen LogP contribution in [0.3, 0.4) is 0 Å². The zero-order valence-corrected chi connectivity index (χ0v) is 21.6. The van der Waals surface area contributed by atoms with Crippen LogP contribution in [0.1, 0.15) is 49.1 Å². The number of nitrogens with one attached hydrogen (secondary N) is 1. The fourth-order valence-electron chi connectivity index (χ4n) is 4.65. The Kier molecular flexibility index (Phi) is 8.42. The summed E-state index contributed by atoms with van der Waals surface area (Å²) in [5.74, 6) is 0.213. The van der Waals surface area contributed by atoms with Crippen LogP contribution in [0.2, 0.25) is 0 Å². The van der Waals surface area contributed by atoms with Gasteiger partial charge < -0.3 is 10.1 Å². The van der Waals surface area contributed by atoms with Crippen LogP contribution in [0, 0.1) is 5.92 Å². The lowest BCUT2D eigenvalue weighted by atomic mass is 9.97. The molecule has 1 aromatic carbocycles. The Bertz CT molecular complexity index is 1020. The van der Waals surface area contributed by atoms with Crippen LogP contribution in [0.5, 0.6) is 0 Å². The molecule has 186 valence electrons. The normalized spacial score (nSPS) is 19.9. The highest BCUT2D eigenvalue weighted by molar-refractivity contribution is 7.89. The molecule has 0 radical (unpaired) electrons. The Morgan fingerprint density at radius 1 is 1.09 bits per heavy atom. The minimum atomic E-state index is -3.54. The fraction of sp³-hybridized carbons (Fsp3) is 0.560. The molecular weight excluding hydrogens is 470 g/mol. The van der Waals surface area contributed by atoms with Gasteiger partial charge in [-0.05, 0) is 47.9 Å². The van der Waals surface area contributed by atoms with Crippen LogP contribution in [0.15, 0.2) is 46.7 Å². The standard InChI is InChI=1S/C25H35N3O4S2/c1-19(2)20-5-7-22(8-6-20)34(30,31)28-11-9-21(10-12-28)25(29)26-18-23(24-4-3-17-33-24)27-13-15-32-16-14-27/h3-8,17,19,21,23H,9-16,18H2,1-2H3,(H,26,29)/t23-/m1/s1. The number of ether oxygens (including phenoxy) is 1. The summed E-state index contributed by atoms with van der Waals surface area (Å²) in [6.07, 6.45) is 1.08. The molecule has 1 N–H and O–H groups in total. The van der Waals surface area contributed by atoms with Gasteiger partial charge in [-0.25, -0.2) is 8.42 Å². The largest absolute Gasteiger partial charge is 0.379 e. The van der Waals surface area contributed by atoms with Gasteiger partial charge in [0.2, 0.25) is 15.9 Å². The van der Waals surface area contributed by atoms with Crippen LogP contribution in [-0.4, -0.2) is 69.5 Å². The summed E-state index contributed by atoms with van der Waals surface area (Å²) >= 11 is 1.71. The van der Waals surface area contributed by atoms with Crippen molar-refractivity contribution in [3.63, 3.8) is 0 Å². The van der Waals surface area contributed by atoms with Crippen molar-refractivity contribution in [1.82, 2.24) is 14.5 Å². The van der Waals surface area contributed by atoms with E-state index in [2.05, 4.69) is 35.5 Å². The Morgan fingerprint density at radius 2 is 1.76 bits per heavy atom. The van der Waals surface area contributed by atoms with Crippen LogP contribution >= 0.6 is 11.3 Å². The second-order valence-electron chi connectivity index (χ2n) is 9.33. The Hall–Kier alpha value is -1.78. The molecule has 2 aromatic rings. The van der Waals surface area contributed by atoms with Crippen LogP contribution in [0.25, 0.3) is 0 Å². The molecule has 0 saturated carbocycles. The van der Waals surface area contributed by atoms with Crippen molar-refractivity contribution in [3.05, 3.63) is 52.2 Å². The maximum atomic E-state index is 13.1. The smallest absolute Gasteiger partial charge is 0.243 e. The third-order valence-electron chi connectivity index (χ3n) is 6.84. The molecule has 2 saturated heterocycles. The summed E-state index contributed by atoms with van der Waals surface area (Å²) in [5, 5.41) is 5.22. The van der Waals surface area contributed by atoms with E-state index in [9.17, 15) is 13.2 Å². The number of piperidine rings is 1. The summed E-state index contributed by atoms with van der Waals surface area (Å²) in [4.78, 5) is 16.9. The third kappa shape index (κ3) is 5.88. The van der Waals surface area contributed by atoms with Gasteiger partial charge in [0, 0.05) is 43.5 Å². The third-order valence-corrected chi connectivity index (χ3v) is 9.72. The number of benzene rings is 1. The molecule has 7 nitrogen and oxygen atoms in total. The monoisotopic (exact) mass is 505 g/mol. The summed E-state index contributed by atoms with van der Waals surface area (Å²) in [6.45, 7) is 8.59. The number of hydrogen-bond acceptors (Lipinski definition) is 6. The predicted molar refractivity (Wildman–Crippen MR) is 134 cm³/mol. The van der Waals surface area contributed by atoms with E-state index in [1.807, 2.05) is 18.2 Å². The first-order valence-electron chi connectivity index (χ1n) is 12.1. The van der Waals surface area contributed by atoms with Crippen LogP contribution in [-0.2, 0) is 19.6 Å².